The molecule has 0 fully saturated rings. The van der Waals surface area contributed by atoms with Crippen LogP contribution in [0.4, 0.5) is 0 Å². The van der Waals surface area contributed by atoms with Crippen molar-refractivity contribution in [3.05, 3.63) is 112 Å². The third kappa shape index (κ3) is 4.78. The van der Waals surface area contributed by atoms with Crippen molar-refractivity contribution in [3.8, 4) is 0 Å². The fourth-order valence-corrected chi connectivity index (χ4v) is 4.23. The molecule has 0 spiro atoms. The molecule has 4 nitrogen and oxygen atoms in total. The highest BCUT2D eigenvalue weighted by atomic mass is 79.9. The van der Waals surface area contributed by atoms with E-state index < -0.39 is 0 Å². The van der Waals surface area contributed by atoms with Crippen LogP contribution < -0.4 is 5.32 Å². The van der Waals surface area contributed by atoms with Gasteiger partial charge in [0.2, 0.25) is 11.8 Å². The molecule has 31 heavy (non-hydrogen) atoms. The maximum atomic E-state index is 13.2. The normalized spacial score (nSPS) is 15.8. The number of carbonyl (C=O) groups is 2. The van der Waals surface area contributed by atoms with Gasteiger partial charge in [0.05, 0.1) is 18.5 Å². The van der Waals surface area contributed by atoms with Crippen LogP contribution in [0, 0.1) is 0 Å². The van der Waals surface area contributed by atoms with E-state index in [-0.39, 0.29) is 30.3 Å². The average Bonchev–Trinajstić information content (AvgIpc) is 2.79. The van der Waals surface area contributed by atoms with Gasteiger partial charge in [-0.1, -0.05) is 82.7 Å². The summed E-state index contributed by atoms with van der Waals surface area (Å²) in [5.74, 6) is -0.200. The van der Waals surface area contributed by atoms with Crippen molar-refractivity contribution in [1.82, 2.24) is 10.2 Å². The van der Waals surface area contributed by atoms with Crippen molar-refractivity contribution >= 4 is 33.8 Å². The summed E-state index contributed by atoms with van der Waals surface area (Å²) in [5, 5.41) is 3.19. The summed E-state index contributed by atoms with van der Waals surface area (Å²) in [7, 11) is 0. The summed E-state index contributed by atoms with van der Waals surface area (Å²) in [6, 6.07) is 25.1. The topological polar surface area (TPSA) is 49.4 Å². The number of halogens is 1. The molecule has 2 amide bonds. The van der Waals surface area contributed by atoms with Crippen molar-refractivity contribution in [2.24, 2.45) is 0 Å². The second-order valence-electron chi connectivity index (χ2n) is 7.55. The molecule has 1 aliphatic heterocycles. The molecule has 0 saturated carbocycles. The van der Waals surface area contributed by atoms with E-state index in [1.807, 2.05) is 84.9 Å². The molecule has 0 aromatic heterocycles. The zero-order valence-corrected chi connectivity index (χ0v) is 18.7. The zero-order valence-electron chi connectivity index (χ0n) is 17.2. The molecule has 1 heterocycles. The lowest BCUT2D eigenvalue weighted by atomic mass is 9.93. The summed E-state index contributed by atoms with van der Waals surface area (Å²) in [5.41, 5.74) is 4.02. The van der Waals surface area contributed by atoms with Crippen LogP contribution in [0.2, 0.25) is 0 Å². The number of carbonyl (C=O) groups excluding carboxylic acids is 2. The summed E-state index contributed by atoms with van der Waals surface area (Å²) in [4.78, 5) is 27.1. The number of fused-ring (bicyclic) bond motifs is 1. The number of hydrogen-bond donors (Lipinski definition) is 1. The molecule has 0 bridgehead atoms. The third-order valence-electron chi connectivity index (χ3n) is 5.49. The number of nitrogens with zero attached hydrogens (tertiary/aromatic N) is 1. The minimum absolute atomic E-state index is 0.0870. The van der Waals surface area contributed by atoms with Crippen molar-refractivity contribution in [1.29, 1.82) is 0 Å². The quantitative estimate of drug-likeness (QED) is 0.521. The summed E-state index contributed by atoms with van der Waals surface area (Å²) in [6.07, 6.45) is 3.87. The Labute approximate surface area is 190 Å². The number of nitrogens with one attached hydrogen (secondary N) is 1. The molecule has 1 aliphatic rings. The van der Waals surface area contributed by atoms with Gasteiger partial charge < -0.3 is 10.2 Å². The van der Waals surface area contributed by atoms with Crippen LogP contribution in [0.1, 0.15) is 47.7 Å². The first-order valence-electron chi connectivity index (χ1n) is 10.2. The highest BCUT2D eigenvalue weighted by Gasteiger charge is 2.29. The van der Waals surface area contributed by atoms with E-state index in [1.54, 1.807) is 11.1 Å². The monoisotopic (exact) mass is 474 g/mol. The van der Waals surface area contributed by atoms with Gasteiger partial charge in [0.15, 0.2) is 0 Å². The predicted octanol–water partition coefficient (Wildman–Crippen LogP) is 5.62. The Kier molecular flexibility index (Phi) is 6.33. The molecule has 0 unspecified atom stereocenters. The largest absolute Gasteiger partial charge is 0.345 e. The maximum Gasteiger partial charge on any atom is 0.223 e. The predicted molar refractivity (Wildman–Crippen MR) is 126 cm³/mol. The van der Waals surface area contributed by atoms with E-state index in [4.69, 9.17) is 0 Å². The van der Waals surface area contributed by atoms with Crippen molar-refractivity contribution < 1.29 is 9.59 Å². The van der Waals surface area contributed by atoms with Gasteiger partial charge in [0, 0.05) is 17.6 Å². The first-order chi connectivity index (χ1) is 15.0. The third-order valence-corrected chi connectivity index (χ3v) is 6.02. The van der Waals surface area contributed by atoms with Crippen molar-refractivity contribution in [2.45, 2.75) is 25.4 Å². The Morgan fingerprint density at radius 1 is 0.935 bits per heavy atom. The van der Waals surface area contributed by atoms with Crippen LogP contribution in [0.25, 0.3) is 6.08 Å². The average molecular weight is 475 g/mol. The van der Waals surface area contributed by atoms with Gasteiger partial charge in [0.1, 0.15) is 0 Å². The van der Waals surface area contributed by atoms with Crippen LogP contribution >= 0.6 is 15.9 Å². The van der Waals surface area contributed by atoms with Gasteiger partial charge in [-0.2, -0.15) is 0 Å². The lowest BCUT2D eigenvalue weighted by molar-refractivity contribution is -0.130. The van der Waals surface area contributed by atoms with Crippen LogP contribution in [0.3, 0.4) is 0 Å². The van der Waals surface area contributed by atoms with E-state index in [0.29, 0.717) is 0 Å². The molecule has 5 heteroatoms. The van der Waals surface area contributed by atoms with E-state index in [0.717, 1.165) is 26.7 Å². The summed E-state index contributed by atoms with van der Waals surface area (Å²) in [6.45, 7) is 1.53. The molecule has 0 aliphatic carbocycles. The minimum Gasteiger partial charge on any atom is -0.345 e. The number of rotatable bonds is 5. The zero-order chi connectivity index (χ0) is 21.8. The summed E-state index contributed by atoms with van der Waals surface area (Å²) >= 11 is 3.47. The fraction of sp³-hybridized carbons (Fsp3) is 0.154. The minimum atomic E-state index is -0.333. The molecule has 2 atom stereocenters. The Hall–Kier alpha value is -3.18. The molecule has 0 radical (unpaired) electrons. The smallest absolute Gasteiger partial charge is 0.223 e. The van der Waals surface area contributed by atoms with Crippen molar-refractivity contribution in [3.63, 3.8) is 0 Å². The van der Waals surface area contributed by atoms with Gasteiger partial charge in [-0.25, -0.2) is 0 Å². The van der Waals surface area contributed by atoms with Gasteiger partial charge in [-0.05, 0) is 40.5 Å². The second-order valence-corrected chi connectivity index (χ2v) is 8.47. The van der Waals surface area contributed by atoms with Crippen LogP contribution in [-0.4, -0.2) is 16.7 Å². The Morgan fingerprint density at radius 3 is 2.29 bits per heavy atom. The molecule has 156 valence electrons. The lowest BCUT2D eigenvalue weighted by Gasteiger charge is -2.32. The molecular formula is C26H23BrN2O2. The van der Waals surface area contributed by atoms with Crippen molar-refractivity contribution in [2.75, 3.05) is 0 Å². The first-order valence-corrected chi connectivity index (χ1v) is 11.0. The summed E-state index contributed by atoms with van der Waals surface area (Å²) < 4.78 is 0.983. The molecule has 4 rings (SSSR count). The van der Waals surface area contributed by atoms with Gasteiger partial charge >= 0.3 is 0 Å². The molecule has 3 aromatic carbocycles. The molecule has 0 saturated heterocycles. The van der Waals surface area contributed by atoms with Crippen LogP contribution in [0.5, 0.6) is 0 Å². The highest BCUT2D eigenvalue weighted by Crippen LogP contribution is 2.33. The maximum absolute atomic E-state index is 13.2. The van der Waals surface area contributed by atoms with E-state index in [2.05, 4.69) is 21.2 Å². The Balaban J connectivity index is 1.61. The van der Waals surface area contributed by atoms with E-state index in [1.165, 1.54) is 6.92 Å². The number of benzene rings is 3. The molecular weight excluding hydrogens is 452 g/mol. The van der Waals surface area contributed by atoms with Gasteiger partial charge in [-0.3, -0.25) is 9.59 Å². The highest BCUT2D eigenvalue weighted by molar-refractivity contribution is 9.10. The molecule has 3 aromatic rings. The Bertz CT molecular complexity index is 1110. The lowest BCUT2D eigenvalue weighted by Crippen LogP contribution is -2.36. The van der Waals surface area contributed by atoms with E-state index >= 15 is 0 Å². The SMILES string of the molecule is CC(=O)N1C=Cc2ccccc2[C@@H]1CC(=O)N[C@H](c1ccccc1)c1ccc(Br)cc1. The fourth-order valence-electron chi connectivity index (χ4n) is 3.97. The Morgan fingerprint density at radius 2 is 1.58 bits per heavy atom. The van der Waals surface area contributed by atoms with Crippen LogP contribution in [-0.2, 0) is 9.59 Å². The van der Waals surface area contributed by atoms with Gasteiger partial charge in [0.25, 0.3) is 0 Å². The first kappa shape index (κ1) is 21.1. The van der Waals surface area contributed by atoms with Gasteiger partial charge in [-0.15, -0.1) is 0 Å². The standard InChI is InChI=1S/C26H23BrN2O2/c1-18(30)29-16-15-19-7-5-6-10-23(19)24(29)17-25(31)28-26(20-8-3-2-4-9-20)21-11-13-22(27)14-12-21/h2-16,24,26H,17H2,1H3,(H,28,31)/t24-,26+/m0/s1. The second kappa shape index (κ2) is 9.31. The van der Waals surface area contributed by atoms with E-state index in [9.17, 15) is 9.59 Å². The number of amides is 2. The van der Waals surface area contributed by atoms with Crippen LogP contribution in [0.15, 0.2) is 89.5 Å². The molecule has 1 N–H and O–H groups in total. The number of hydrogen-bond acceptors (Lipinski definition) is 2.